The number of benzene rings is 1. The van der Waals surface area contributed by atoms with Crippen LogP contribution < -0.4 is 16.2 Å². The number of thiocarbonyl (C=S) groups is 1. The van der Waals surface area contributed by atoms with E-state index in [4.69, 9.17) is 12.2 Å². The van der Waals surface area contributed by atoms with Crippen LogP contribution >= 0.6 is 28.1 Å². The zero-order chi connectivity index (χ0) is 13.5. The van der Waals surface area contributed by atoms with Gasteiger partial charge in [-0.1, -0.05) is 12.1 Å². The van der Waals surface area contributed by atoms with Crippen LogP contribution in [0.2, 0.25) is 0 Å². The van der Waals surface area contributed by atoms with Crippen LogP contribution in [0, 0.1) is 0 Å². The molecule has 6 nitrogen and oxygen atoms in total. The van der Waals surface area contributed by atoms with Gasteiger partial charge in [-0.05, 0) is 40.3 Å². The second-order valence-corrected chi connectivity index (χ2v) is 4.27. The molecule has 0 aliphatic rings. The molecule has 0 saturated heterocycles. The van der Waals surface area contributed by atoms with Gasteiger partial charge in [0.1, 0.15) is 0 Å². The van der Waals surface area contributed by atoms with Gasteiger partial charge in [0.15, 0.2) is 5.11 Å². The van der Waals surface area contributed by atoms with E-state index in [9.17, 15) is 9.59 Å². The Morgan fingerprint density at radius 1 is 1.28 bits per heavy atom. The summed E-state index contributed by atoms with van der Waals surface area (Å²) in [4.78, 5) is 22.5. The van der Waals surface area contributed by atoms with E-state index in [0.717, 1.165) is 0 Å². The zero-order valence-electron chi connectivity index (χ0n) is 9.32. The highest BCUT2D eigenvalue weighted by Gasteiger charge is 2.10. The third-order valence-corrected chi connectivity index (χ3v) is 2.70. The van der Waals surface area contributed by atoms with Gasteiger partial charge < -0.3 is 4.74 Å². The van der Waals surface area contributed by atoms with Gasteiger partial charge in [-0.15, -0.1) is 0 Å². The van der Waals surface area contributed by atoms with E-state index in [-0.39, 0.29) is 5.11 Å². The normalized spacial score (nSPS) is 9.22. The number of rotatable bonds is 1. The molecule has 0 heterocycles. The lowest BCUT2D eigenvalue weighted by Gasteiger charge is -2.10. The maximum absolute atomic E-state index is 11.8. The van der Waals surface area contributed by atoms with Gasteiger partial charge in [0.2, 0.25) is 0 Å². The lowest BCUT2D eigenvalue weighted by Crippen LogP contribution is -2.48. The molecule has 0 spiro atoms. The predicted octanol–water partition coefficient (Wildman–Crippen LogP) is 1.32. The number of carbonyl (C=O) groups is 2. The van der Waals surface area contributed by atoms with Gasteiger partial charge in [0.05, 0.1) is 12.7 Å². The molecule has 0 atom stereocenters. The van der Waals surface area contributed by atoms with E-state index in [1.54, 1.807) is 24.3 Å². The maximum atomic E-state index is 11.8. The highest BCUT2D eigenvalue weighted by atomic mass is 79.9. The van der Waals surface area contributed by atoms with Gasteiger partial charge in [0.25, 0.3) is 5.91 Å². The molecule has 0 saturated carbocycles. The van der Waals surface area contributed by atoms with Crippen LogP contribution in [0.15, 0.2) is 28.7 Å². The first-order chi connectivity index (χ1) is 8.54. The zero-order valence-corrected chi connectivity index (χ0v) is 11.7. The van der Waals surface area contributed by atoms with E-state index < -0.39 is 12.0 Å². The SMILES string of the molecule is COC(=O)NNC(=S)NC(=O)c1ccccc1Br. The molecule has 1 aromatic rings. The van der Waals surface area contributed by atoms with E-state index in [0.29, 0.717) is 10.0 Å². The van der Waals surface area contributed by atoms with Crippen molar-refractivity contribution >= 4 is 45.3 Å². The first-order valence-corrected chi connectivity index (χ1v) is 5.94. The molecule has 0 bridgehead atoms. The van der Waals surface area contributed by atoms with Gasteiger partial charge in [-0.2, -0.15) is 0 Å². The molecule has 1 rings (SSSR count). The maximum Gasteiger partial charge on any atom is 0.425 e. The van der Waals surface area contributed by atoms with Crippen LogP contribution in [0.4, 0.5) is 4.79 Å². The van der Waals surface area contributed by atoms with Gasteiger partial charge in [0, 0.05) is 4.47 Å². The van der Waals surface area contributed by atoms with Gasteiger partial charge >= 0.3 is 6.09 Å². The Morgan fingerprint density at radius 3 is 2.56 bits per heavy atom. The standard InChI is InChI=1S/C10H10BrN3O3S/c1-17-10(16)14-13-9(18)12-8(15)6-4-2-3-5-7(6)11/h2-5H,1H3,(H,14,16)(H2,12,13,15,18). The Labute approximate surface area is 117 Å². The van der Waals surface area contributed by atoms with Crippen molar-refractivity contribution in [1.29, 1.82) is 0 Å². The molecule has 1 aromatic carbocycles. The number of nitrogens with one attached hydrogen (secondary N) is 3. The summed E-state index contributed by atoms with van der Waals surface area (Å²) in [6.07, 6.45) is -0.715. The third kappa shape index (κ3) is 4.30. The molecule has 2 amide bonds. The Hall–Kier alpha value is -1.67. The summed E-state index contributed by atoms with van der Waals surface area (Å²) < 4.78 is 4.96. The summed E-state index contributed by atoms with van der Waals surface area (Å²) in [6, 6.07) is 6.88. The summed E-state index contributed by atoms with van der Waals surface area (Å²) in [6.45, 7) is 0. The smallest absolute Gasteiger partial charge is 0.425 e. The van der Waals surface area contributed by atoms with Crippen LogP contribution in [-0.4, -0.2) is 24.2 Å². The number of hydrogen-bond acceptors (Lipinski definition) is 4. The molecule has 8 heteroatoms. The number of hydrogen-bond donors (Lipinski definition) is 3. The number of carbonyl (C=O) groups excluding carboxylic acids is 2. The second-order valence-electron chi connectivity index (χ2n) is 3.00. The molecule has 0 fully saturated rings. The minimum Gasteiger partial charge on any atom is -0.452 e. The molecule has 0 aliphatic heterocycles. The topological polar surface area (TPSA) is 79.5 Å². The van der Waals surface area contributed by atoms with Crippen molar-refractivity contribution in [2.45, 2.75) is 0 Å². The average Bonchev–Trinajstić information content (AvgIpc) is 2.36. The highest BCUT2D eigenvalue weighted by molar-refractivity contribution is 9.10. The van der Waals surface area contributed by atoms with Crippen molar-refractivity contribution in [3.8, 4) is 0 Å². The molecule has 0 aliphatic carbocycles. The van der Waals surface area contributed by atoms with Crippen LogP contribution in [-0.2, 0) is 4.74 Å². The molecule has 3 N–H and O–H groups in total. The first-order valence-electron chi connectivity index (χ1n) is 4.74. The van der Waals surface area contributed by atoms with Gasteiger partial charge in [-0.25, -0.2) is 10.2 Å². The minimum absolute atomic E-state index is 0.0406. The van der Waals surface area contributed by atoms with Crippen molar-refractivity contribution in [3.05, 3.63) is 34.3 Å². The highest BCUT2D eigenvalue weighted by Crippen LogP contribution is 2.15. The van der Waals surface area contributed by atoms with Crippen LogP contribution in [0.3, 0.4) is 0 Å². The lowest BCUT2D eigenvalue weighted by atomic mass is 10.2. The lowest BCUT2D eigenvalue weighted by molar-refractivity contribution is 0.0975. The van der Waals surface area contributed by atoms with E-state index in [1.807, 2.05) is 0 Å². The minimum atomic E-state index is -0.715. The Balaban J connectivity index is 2.53. The third-order valence-electron chi connectivity index (χ3n) is 1.81. The second kappa shape index (κ2) is 6.92. The summed E-state index contributed by atoms with van der Waals surface area (Å²) in [5.41, 5.74) is 4.87. The summed E-state index contributed by atoms with van der Waals surface area (Å²) in [7, 11) is 1.21. The summed E-state index contributed by atoms with van der Waals surface area (Å²) in [5.74, 6) is -0.397. The fraction of sp³-hybridized carbons (Fsp3) is 0.100. The number of amides is 2. The first kappa shape index (κ1) is 14.4. The summed E-state index contributed by atoms with van der Waals surface area (Å²) >= 11 is 8.06. The molecule has 0 aromatic heterocycles. The monoisotopic (exact) mass is 331 g/mol. The molecule has 0 radical (unpaired) electrons. The summed E-state index contributed by atoms with van der Waals surface area (Å²) in [5, 5.41) is 2.36. The van der Waals surface area contributed by atoms with Crippen LogP contribution in [0.25, 0.3) is 0 Å². The van der Waals surface area contributed by atoms with E-state index in [2.05, 4.69) is 36.8 Å². The molecular weight excluding hydrogens is 322 g/mol. The van der Waals surface area contributed by atoms with Crippen molar-refractivity contribution in [2.24, 2.45) is 0 Å². The van der Waals surface area contributed by atoms with Crippen molar-refractivity contribution < 1.29 is 14.3 Å². The van der Waals surface area contributed by atoms with Crippen molar-refractivity contribution in [1.82, 2.24) is 16.2 Å². The Kier molecular flexibility index (Phi) is 5.53. The molecule has 18 heavy (non-hydrogen) atoms. The quantitative estimate of drug-likeness (QED) is 0.534. The molecular formula is C10H10BrN3O3S. The number of hydrazine groups is 1. The number of methoxy groups -OCH3 is 1. The van der Waals surface area contributed by atoms with Crippen molar-refractivity contribution in [3.63, 3.8) is 0 Å². The van der Waals surface area contributed by atoms with E-state index in [1.165, 1.54) is 7.11 Å². The fourth-order valence-electron chi connectivity index (χ4n) is 1.01. The fourth-order valence-corrected chi connectivity index (χ4v) is 1.61. The van der Waals surface area contributed by atoms with Gasteiger partial charge in [-0.3, -0.25) is 15.5 Å². The van der Waals surface area contributed by atoms with Crippen LogP contribution in [0.1, 0.15) is 10.4 Å². The van der Waals surface area contributed by atoms with Crippen LogP contribution in [0.5, 0.6) is 0 Å². The largest absolute Gasteiger partial charge is 0.452 e. The Morgan fingerprint density at radius 2 is 1.94 bits per heavy atom. The Bertz CT molecular complexity index is 481. The molecule has 96 valence electrons. The van der Waals surface area contributed by atoms with E-state index >= 15 is 0 Å². The number of ether oxygens (including phenoxy) is 1. The average molecular weight is 332 g/mol. The molecule has 0 unspecified atom stereocenters. The number of halogens is 1. The predicted molar refractivity (Wildman–Crippen MR) is 72.9 cm³/mol. The van der Waals surface area contributed by atoms with Crippen molar-refractivity contribution in [2.75, 3.05) is 7.11 Å².